The van der Waals surface area contributed by atoms with E-state index in [9.17, 15) is 39.5 Å². The number of rotatable bonds is 9. The van der Waals surface area contributed by atoms with Crippen molar-refractivity contribution in [2.75, 3.05) is 33.9 Å². The van der Waals surface area contributed by atoms with Gasteiger partial charge in [0.15, 0.2) is 0 Å². The summed E-state index contributed by atoms with van der Waals surface area (Å²) >= 11 is 0. The van der Waals surface area contributed by atoms with Crippen molar-refractivity contribution < 1.29 is 57.7 Å². The van der Waals surface area contributed by atoms with Crippen molar-refractivity contribution in [3.05, 3.63) is 30.3 Å². The number of alkyl halides is 9. The molecule has 1 rings (SSSR count). The van der Waals surface area contributed by atoms with E-state index >= 15 is 0 Å². The van der Waals surface area contributed by atoms with Gasteiger partial charge >= 0.3 is 15.0 Å². The number of hydrogen-bond donors (Lipinski definition) is 1. The first-order valence-corrected chi connectivity index (χ1v) is 12.0. The predicted molar refractivity (Wildman–Crippen MR) is 108 cm³/mol. The molecule has 1 aromatic rings. The van der Waals surface area contributed by atoms with E-state index in [1.165, 1.54) is 31.4 Å². The third kappa shape index (κ3) is 8.16. The summed E-state index contributed by atoms with van der Waals surface area (Å²) in [7, 11) is -0.652. The molecule has 194 valence electrons. The Balaban J connectivity index is 0.000000938. The van der Waals surface area contributed by atoms with E-state index in [0.717, 1.165) is 0 Å². The number of para-hydroxylation sites is 1. The second-order valence-corrected chi connectivity index (χ2v) is 9.86. The minimum atomic E-state index is -6.89. The first kappa shape index (κ1) is 31.7. The maximum atomic E-state index is 13.1. The highest BCUT2D eigenvalue weighted by Crippen LogP contribution is 2.54. The third-order valence-corrected chi connectivity index (χ3v) is 7.97. The van der Waals surface area contributed by atoms with E-state index in [1.807, 2.05) is 6.07 Å². The average Bonchev–Trinajstić information content (AvgIpc) is 2.65. The fourth-order valence-electron chi connectivity index (χ4n) is 3.01. The van der Waals surface area contributed by atoms with Gasteiger partial charge < -0.3 is 18.2 Å². The van der Waals surface area contributed by atoms with Crippen LogP contribution in [0, 0.1) is 0 Å². The van der Waals surface area contributed by atoms with Gasteiger partial charge in [-0.05, 0) is 32.9 Å². The highest BCUT2D eigenvalue weighted by Gasteiger charge is 2.81. The summed E-state index contributed by atoms with van der Waals surface area (Å²) in [4.78, 5) is 1.37. The Kier molecular flexibility index (Phi) is 11.9. The maximum Gasteiger partial charge on any atom is 0.465 e. The van der Waals surface area contributed by atoms with Gasteiger partial charge in [0, 0.05) is 19.8 Å². The summed E-state index contributed by atoms with van der Waals surface area (Å²) in [5.74, 6) is -2.47. The monoisotopic (exact) mass is 517 g/mol. The number of benzene rings is 1. The second kappa shape index (κ2) is 12.4. The summed E-state index contributed by atoms with van der Waals surface area (Å²) in [5, 5.41) is 0. The van der Waals surface area contributed by atoms with Crippen LogP contribution < -0.4 is 4.90 Å². The summed E-state index contributed by atoms with van der Waals surface area (Å²) in [5.41, 5.74) is 1.33. The molecule has 0 aliphatic heterocycles. The lowest BCUT2D eigenvalue weighted by Gasteiger charge is -2.47. The highest BCUT2D eigenvalue weighted by atomic mass is 28.4. The lowest BCUT2D eigenvalue weighted by molar-refractivity contribution is -0.786. The molecule has 0 atom stereocenters. The number of hydrogen-bond acceptors (Lipinski definition) is 3. The van der Waals surface area contributed by atoms with Crippen LogP contribution in [0.2, 0.25) is 5.94 Å². The van der Waals surface area contributed by atoms with Crippen LogP contribution in [0.5, 0.6) is 0 Å². The van der Waals surface area contributed by atoms with Crippen LogP contribution in [-0.4, -0.2) is 67.1 Å². The Morgan fingerprint density at radius 3 is 1.24 bits per heavy atom. The largest absolute Gasteiger partial charge is 0.465 e. The molecule has 33 heavy (non-hydrogen) atoms. The Morgan fingerprint density at radius 2 is 1.03 bits per heavy atom. The molecule has 0 saturated heterocycles. The number of halogens is 9. The van der Waals surface area contributed by atoms with Crippen LogP contribution in [0.1, 0.15) is 20.8 Å². The molecular weight excluding hydrogens is 488 g/mol. The zero-order valence-electron chi connectivity index (χ0n) is 18.9. The van der Waals surface area contributed by atoms with Crippen molar-refractivity contribution in [3.63, 3.8) is 0 Å². The molecular formula is C18H29BF9NO3Si. The second-order valence-electron chi connectivity index (χ2n) is 7.22. The third-order valence-electron chi connectivity index (χ3n) is 4.68. The Labute approximate surface area is 188 Å². The molecule has 0 radical (unpaired) electrons. The molecule has 0 aromatic heterocycles. The van der Waals surface area contributed by atoms with Gasteiger partial charge in [-0.1, -0.05) is 24.1 Å². The Bertz CT molecular complexity index is 632. The molecule has 0 unspecified atom stereocenters. The normalized spacial score (nSPS) is 13.7. The van der Waals surface area contributed by atoms with Gasteiger partial charge in [0.25, 0.3) is 18.2 Å². The van der Waals surface area contributed by atoms with E-state index in [4.69, 9.17) is 13.3 Å². The average molecular weight is 517 g/mol. The van der Waals surface area contributed by atoms with Crippen molar-refractivity contribution >= 4 is 20.6 Å². The smallest absolute Gasteiger partial charge is 0.376 e. The number of quaternary nitrogens is 1. The van der Waals surface area contributed by atoms with Crippen molar-refractivity contribution in [2.45, 2.75) is 44.9 Å². The quantitative estimate of drug-likeness (QED) is 0.378. The van der Waals surface area contributed by atoms with Crippen molar-refractivity contribution in [1.29, 1.82) is 0 Å². The molecule has 0 fully saturated rings. The molecule has 0 aliphatic rings. The van der Waals surface area contributed by atoms with E-state index < -0.39 is 58.9 Å². The van der Waals surface area contributed by atoms with Gasteiger partial charge in [-0.25, -0.2) is 39.5 Å². The molecule has 0 spiro atoms. The molecule has 1 aromatic carbocycles. The first-order valence-electron chi connectivity index (χ1n) is 10.1. The lowest BCUT2D eigenvalue weighted by Crippen LogP contribution is -3.00. The molecule has 0 heterocycles. The molecule has 1 N–H and O–H groups in total. The molecule has 0 aliphatic carbocycles. The van der Waals surface area contributed by atoms with E-state index in [1.54, 1.807) is 0 Å². The summed E-state index contributed by atoms with van der Waals surface area (Å²) < 4.78 is 132. The summed E-state index contributed by atoms with van der Waals surface area (Å²) in [6, 6.07) is 10.4. The van der Waals surface area contributed by atoms with Crippen LogP contribution in [-0.2, 0) is 13.3 Å². The van der Waals surface area contributed by atoms with Gasteiger partial charge in [0.1, 0.15) is 5.69 Å². The molecule has 0 bridgehead atoms. The SMILES string of the molecule is CCO[Si](C[B-](C(F)(F)F)(C(F)(F)F)C(F)(F)F)(OCC)OCC.C[NH+](C)c1ccccc1. The van der Waals surface area contributed by atoms with Crippen LogP contribution in [0.4, 0.5) is 45.2 Å². The van der Waals surface area contributed by atoms with Crippen LogP contribution >= 0.6 is 0 Å². The topological polar surface area (TPSA) is 32.1 Å². The van der Waals surface area contributed by atoms with E-state index in [2.05, 4.69) is 38.4 Å². The minimum Gasteiger partial charge on any atom is -0.376 e. The predicted octanol–water partition coefficient (Wildman–Crippen LogP) is 4.79. The Hall–Kier alpha value is -1.29. The van der Waals surface area contributed by atoms with Crippen LogP contribution in [0.15, 0.2) is 30.3 Å². The highest BCUT2D eigenvalue weighted by molar-refractivity contribution is 6.94. The van der Waals surface area contributed by atoms with Crippen molar-refractivity contribution in [3.8, 4) is 0 Å². The Morgan fingerprint density at radius 1 is 0.697 bits per heavy atom. The zero-order valence-corrected chi connectivity index (χ0v) is 19.9. The van der Waals surface area contributed by atoms with Gasteiger partial charge in [-0.2, -0.15) is 0 Å². The van der Waals surface area contributed by atoms with Gasteiger partial charge in [-0.15, -0.1) is 0 Å². The fourth-order valence-corrected chi connectivity index (χ4v) is 6.38. The number of nitrogens with one attached hydrogen (secondary N) is 1. The standard InChI is InChI=1S/C10H17BF9O3Si.C8H11N/c1-4-21-24(22-5-2,23-6-3)7-11(8(12,13)14,9(15,16)17)10(18,19)20;1-9(2)8-6-4-3-5-7-8/h4-7H2,1-3H3;3-7H,1-2H3/q-1;/p+1. The fraction of sp³-hybridized carbons (Fsp3) is 0.667. The van der Waals surface area contributed by atoms with Gasteiger partial charge in [0.05, 0.1) is 14.1 Å². The van der Waals surface area contributed by atoms with Crippen LogP contribution in [0.25, 0.3) is 0 Å². The minimum absolute atomic E-state index is 0.466. The molecule has 4 nitrogen and oxygen atoms in total. The zero-order chi connectivity index (χ0) is 26.1. The maximum absolute atomic E-state index is 13.1. The molecule has 0 saturated carbocycles. The molecule has 0 amide bonds. The van der Waals surface area contributed by atoms with E-state index in [0.29, 0.717) is 0 Å². The lowest BCUT2D eigenvalue weighted by atomic mass is 9.23. The van der Waals surface area contributed by atoms with Gasteiger partial charge in [0.2, 0.25) is 0 Å². The van der Waals surface area contributed by atoms with Crippen LogP contribution in [0.3, 0.4) is 0 Å². The van der Waals surface area contributed by atoms with Gasteiger partial charge in [-0.3, -0.25) is 0 Å². The summed E-state index contributed by atoms with van der Waals surface area (Å²) in [6.45, 7) is 2.19. The van der Waals surface area contributed by atoms with Crippen molar-refractivity contribution in [2.24, 2.45) is 0 Å². The molecule has 15 heteroatoms. The van der Waals surface area contributed by atoms with E-state index in [-0.39, 0.29) is 0 Å². The van der Waals surface area contributed by atoms with Crippen molar-refractivity contribution in [1.82, 2.24) is 0 Å². The first-order chi connectivity index (χ1) is 14.9. The summed E-state index contributed by atoms with van der Waals surface area (Å²) in [6.07, 6.45) is -26.7.